The molecule has 31 heavy (non-hydrogen) atoms. The van der Waals surface area contributed by atoms with E-state index in [1.807, 2.05) is 27.1 Å². The Hall–Kier alpha value is -2.18. The van der Waals surface area contributed by atoms with Gasteiger partial charge in [0.1, 0.15) is 0 Å². The summed E-state index contributed by atoms with van der Waals surface area (Å²) in [7, 11) is 1.84. The molecular formula is C26H21F3SSn. The second kappa shape index (κ2) is 9.53. The number of benzene rings is 4. The summed E-state index contributed by atoms with van der Waals surface area (Å²) in [6.07, 6.45) is -4.33. The van der Waals surface area contributed by atoms with Gasteiger partial charge < -0.3 is 0 Å². The van der Waals surface area contributed by atoms with Crippen LogP contribution in [-0.4, -0.2) is 17.0 Å². The van der Waals surface area contributed by atoms with Gasteiger partial charge in [0, 0.05) is 0 Å². The normalized spacial score (nSPS) is 12.0. The molecule has 0 aliphatic rings. The Labute approximate surface area is 187 Å². The molecule has 0 aliphatic carbocycles. The summed E-state index contributed by atoms with van der Waals surface area (Å²) >= 11 is -3.55. The number of hydrogen-bond donors (Lipinski definition) is 0. The van der Waals surface area contributed by atoms with Crippen LogP contribution in [0, 0.1) is 0 Å². The topological polar surface area (TPSA) is 0 Å². The third-order valence-electron chi connectivity index (χ3n) is 5.25. The van der Waals surface area contributed by atoms with E-state index in [4.69, 9.17) is 0 Å². The zero-order valence-electron chi connectivity index (χ0n) is 16.7. The van der Waals surface area contributed by atoms with Crippen LogP contribution < -0.4 is 10.7 Å². The molecule has 0 spiro atoms. The molecule has 5 heteroatoms. The minimum absolute atomic E-state index is 0.526. The molecule has 0 nitrogen and oxygen atoms in total. The van der Waals surface area contributed by atoms with Gasteiger partial charge in [-0.25, -0.2) is 0 Å². The SMILES string of the molecule is FC(F)(F)c1cccc(C[S][Sn]([c]2ccccc2)([c]2ccccc2)[c]2ccccc2)c1. The molecule has 0 amide bonds. The zero-order chi connectivity index (χ0) is 21.7. The van der Waals surface area contributed by atoms with Crippen LogP contribution >= 0.6 is 8.95 Å². The second-order valence-electron chi connectivity index (χ2n) is 7.27. The summed E-state index contributed by atoms with van der Waals surface area (Å²) < 4.78 is 43.6. The van der Waals surface area contributed by atoms with E-state index in [9.17, 15) is 13.2 Å². The first-order valence-corrected chi connectivity index (χ1v) is 18.7. The first-order chi connectivity index (χ1) is 15.0. The summed E-state index contributed by atoms with van der Waals surface area (Å²) in [5, 5.41) is 0. The molecule has 0 bridgehead atoms. The Morgan fingerprint density at radius 3 is 1.45 bits per heavy atom. The van der Waals surface area contributed by atoms with Crippen molar-refractivity contribution in [3.63, 3.8) is 0 Å². The van der Waals surface area contributed by atoms with Crippen LogP contribution in [0.4, 0.5) is 13.2 Å². The molecule has 0 aliphatic heterocycles. The van der Waals surface area contributed by atoms with Gasteiger partial charge in [0.15, 0.2) is 0 Å². The third-order valence-corrected chi connectivity index (χ3v) is 25.7. The molecule has 0 fully saturated rings. The molecule has 0 heterocycles. The molecule has 4 aromatic carbocycles. The monoisotopic (exact) mass is 542 g/mol. The molecule has 156 valence electrons. The van der Waals surface area contributed by atoms with Gasteiger partial charge in [-0.15, -0.1) is 0 Å². The van der Waals surface area contributed by atoms with Gasteiger partial charge in [-0.3, -0.25) is 0 Å². The summed E-state index contributed by atoms with van der Waals surface area (Å²) in [6.45, 7) is 0. The van der Waals surface area contributed by atoms with E-state index < -0.39 is 28.7 Å². The average Bonchev–Trinajstić information content (AvgIpc) is 2.81. The minimum atomic E-state index is -4.33. The fourth-order valence-electron chi connectivity index (χ4n) is 3.80. The van der Waals surface area contributed by atoms with Crippen molar-refractivity contribution in [1.29, 1.82) is 0 Å². The molecule has 0 saturated carbocycles. The molecule has 0 atom stereocenters. The van der Waals surface area contributed by atoms with Crippen LogP contribution in [0.25, 0.3) is 0 Å². The average molecular weight is 541 g/mol. The van der Waals surface area contributed by atoms with Crippen LogP contribution in [0.2, 0.25) is 0 Å². The van der Waals surface area contributed by atoms with E-state index in [0.717, 1.165) is 6.07 Å². The van der Waals surface area contributed by atoms with E-state index in [1.54, 1.807) is 6.07 Å². The van der Waals surface area contributed by atoms with Crippen molar-refractivity contribution in [3.8, 4) is 0 Å². The predicted molar refractivity (Wildman–Crippen MR) is 127 cm³/mol. The van der Waals surface area contributed by atoms with Crippen molar-refractivity contribution in [2.45, 2.75) is 11.9 Å². The van der Waals surface area contributed by atoms with Crippen LogP contribution in [0.15, 0.2) is 115 Å². The number of hydrogen-bond acceptors (Lipinski definition) is 1. The Balaban J connectivity index is 1.83. The zero-order valence-corrected chi connectivity index (χ0v) is 20.4. The van der Waals surface area contributed by atoms with Gasteiger partial charge >= 0.3 is 188 Å². The van der Waals surface area contributed by atoms with Crippen molar-refractivity contribution < 1.29 is 13.2 Å². The molecule has 0 unspecified atom stereocenters. The van der Waals surface area contributed by atoms with Gasteiger partial charge in [0.2, 0.25) is 0 Å². The molecule has 0 radical (unpaired) electrons. The fourth-order valence-corrected chi connectivity index (χ4v) is 23.7. The number of rotatable bonds is 6. The van der Waals surface area contributed by atoms with Gasteiger partial charge in [-0.05, 0) is 0 Å². The molecule has 0 saturated heterocycles. The first kappa shape index (κ1) is 22.0. The van der Waals surface area contributed by atoms with E-state index in [-0.39, 0.29) is 0 Å². The molecule has 4 rings (SSSR count). The van der Waals surface area contributed by atoms with Crippen molar-refractivity contribution >= 4 is 36.7 Å². The van der Waals surface area contributed by atoms with Crippen LogP contribution in [0.3, 0.4) is 0 Å². The Morgan fingerprint density at radius 1 is 0.581 bits per heavy atom. The summed E-state index contributed by atoms with van der Waals surface area (Å²) in [5.74, 6) is 0.526. The van der Waals surface area contributed by atoms with E-state index in [0.29, 0.717) is 11.3 Å². The van der Waals surface area contributed by atoms with Crippen molar-refractivity contribution in [2.75, 3.05) is 0 Å². The standard InChI is InChI=1S/C8H7F3S.3C6H5.Sn/c9-8(10,11)7-3-1-2-6(4-7)5-12;3*1-2-4-6-5-3-1;/h1-4,12H,5H2;3*1-5H;/q;;;;+1/p-1. The molecule has 4 aromatic rings. The number of alkyl halides is 3. The van der Waals surface area contributed by atoms with Gasteiger partial charge in [-0.1, -0.05) is 0 Å². The van der Waals surface area contributed by atoms with E-state index >= 15 is 0 Å². The van der Waals surface area contributed by atoms with E-state index in [2.05, 4.69) is 72.8 Å². The van der Waals surface area contributed by atoms with Crippen molar-refractivity contribution in [1.82, 2.24) is 0 Å². The summed E-state index contributed by atoms with van der Waals surface area (Å²) in [4.78, 5) is 0. The maximum atomic E-state index is 13.2. The summed E-state index contributed by atoms with van der Waals surface area (Å²) in [6, 6.07) is 37.1. The van der Waals surface area contributed by atoms with Crippen LogP contribution in [0.5, 0.6) is 0 Å². The first-order valence-electron chi connectivity index (χ1n) is 9.97. The Kier molecular flexibility index (Phi) is 6.77. The van der Waals surface area contributed by atoms with Crippen molar-refractivity contribution in [3.05, 3.63) is 126 Å². The molecule has 0 aromatic heterocycles. The fraction of sp³-hybridized carbons (Fsp3) is 0.0769. The van der Waals surface area contributed by atoms with Gasteiger partial charge in [-0.2, -0.15) is 0 Å². The third kappa shape index (κ3) is 4.85. The van der Waals surface area contributed by atoms with Crippen LogP contribution in [-0.2, 0) is 11.9 Å². The molecule has 0 N–H and O–H groups in total. The van der Waals surface area contributed by atoms with Crippen molar-refractivity contribution in [2.24, 2.45) is 0 Å². The second-order valence-corrected chi connectivity index (χ2v) is 23.3. The predicted octanol–water partition coefficient (Wildman–Crippen LogP) is 5.61. The number of halogens is 3. The van der Waals surface area contributed by atoms with Gasteiger partial charge in [0.05, 0.1) is 0 Å². The Morgan fingerprint density at radius 2 is 1.03 bits per heavy atom. The maximum absolute atomic E-state index is 13.2. The Bertz CT molecular complexity index is 1020. The quantitative estimate of drug-likeness (QED) is 0.287. The van der Waals surface area contributed by atoms with Crippen LogP contribution in [0.1, 0.15) is 11.1 Å². The van der Waals surface area contributed by atoms with E-state index in [1.165, 1.54) is 22.9 Å². The molecular weight excluding hydrogens is 520 g/mol. The summed E-state index contributed by atoms with van der Waals surface area (Å²) in [5.41, 5.74) is 0.106. The van der Waals surface area contributed by atoms with Gasteiger partial charge in [0.25, 0.3) is 0 Å².